The molecule has 1 aliphatic heterocycles. The Morgan fingerprint density at radius 3 is 2.60 bits per heavy atom. The highest BCUT2D eigenvalue weighted by Gasteiger charge is 2.60. The Balaban J connectivity index is 1.19. The van der Waals surface area contributed by atoms with Crippen molar-refractivity contribution in [2.24, 2.45) is 23.2 Å². The second-order valence-electron chi connectivity index (χ2n) is 9.32. The number of nitrogens with zero attached hydrogens (tertiary/aromatic N) is 2. The lowest BCUT2D eigenvalue weighted by molar-refractivity contribution is -0.179. The van der Waals surface area contributed by atoms with Crippen molar-refractivity contribution in [1.29, 1.82) is 0 Å². The van der Waals surface area contributed by atoms with Gasteiger partial charge in [0.05, 0.1) is 18.2 Å². The van der Waals surface area contributed by atoms with Gasteiger partial charge in [0, 0.05) is 19.0 Å². The van der Waals surface area contributed by atoms with Crippen LogP contribution in [0.4, 0.5) is 13.6 Å². The molecule has 4 saturated carbocycles. The number of amides is 1. The van der Waals surface area contributed by atoms with Crippen molar-refractivity contribution in [3.8, 4) is 5.88 Å². The topological polar surface area (TPSA) is 89.0 Å². The zero-order chi connectivity index (χ0) is 21.0. The lowest BCUT2D eigenvalue weighted by Crippen LogP contribution is -2.57. The summed E-state index contributed by atoms with van der Waals surface area (Å²) < 4.78 is 38.1. The number of carbonyl (C=O) groups excluding carboxylic acids is 1. The number of hydrogen-bond acceptors (Lipinski definition) is 5. The van der Waals surface area contributed by atoms with E-state index in [1.165, 1.54) is 4.90 Å². The number of rotatable bonds is 4. The molecule has 4 bridgehead atoms. The molecule has 1 aromatic rings. The van der Waals surface area contributed by atoms with E-state index in [2.05, 4.69) is 4.98 Å². The minimum absolute atomic E-state index is 0.100. The summed E-state index contributed by atoms with van der Waals surface area (Å²) in [6, 6.07) is 0.708. The average molecular weight is 422 g/mol. The molecular formula is C21H24F2N2O5. The molecule has 0 spiro atoms. The van der Waals surface area contributed by atoms with Crippen molar-refractivity contribution >= 4 is 12.1 Å². The second-order valence-corrected chi connectivity index (χ2v) is 9.32. The molecule has 2 heterocycles. The standard InChI is InChI=1S/C21H24F2N2O5/c22-14-5-16(23)18(24-9-14)29-15-1-2-25(10-15)20(28)30-17-12-3-11-4-13(17)8-21(6-11,7-12)19(26)27/h5,9,11-13,15,17H,1-4,6-8,10H2,(H,26,27)/t11?,12?,13?,15-,17?,21?/m1/s1. The van der Waals surface area contributed by atoms with E-state index in [-0.39, 0.29) is 30.4 Å². The Kier molecular flexibility index (Phi) is 4.59. The third-order valence-electron chi connectivity index (χ3n) is 7.33. The molecule has 9 heteroatoms. The SMILES string of the molecule is O=C(OC1C2CC3CC1CC(C(=O)O)(C3)C2)N1CC[C@@H](Oc2ncc(F)cc2F)C1. The fourth-order valence-electron chi connectivity index (χ4n) is 6.26. The Morgan fingerprint density at radius 1 is 1.20 bits per heavy atom. The van der Waals surface area contributed by atoms with E-state index in [4.69, 9.17) is 9.47 Å². The summed E-state index contributed by atoms with van der Waals surface area (Å²) in [5.41, 5.74) is -0.641. The van der Waals surface area contributed by atoms with Gasteiger partial charge in [0.1, 0.15) is 18.0 Å². The van der Waals surface area contributed by atoms with Gasteiger partial charge in [0.2, 0.25) is 0 Å². The summed E-state index contributed by atoms with van der Waals surface area (Å²) in [6.45, 7) is 0.650. The van der Waals surface area contributed by atoms with Crippen molar-refractivity contribution in [3.63, 3.8) is 0 Å². The highest BCUT2D eigenvalue weighted by molar-refractivity contribution is 5.75. The van der Waals surface area contributed by atoms with Crippen LogP contribution in [0.15, 0.2) is 12.3 Å². The van der Waals surface area contributed by atoms with Crippen molar-refractivity contribution in [1.82, 2.24) is 9.88 Å². The fourth-order valence-corrected chi connectivity index (χ4v) is 6.26. The van der Waals surface area contributed by atoms with E-state index in [1.54, 1.807) is 0 Å². The molecule has 4 aliphatic carbocycles. The maximum absolute atomic E-state index is 13.7. The summed E-state index contributed by atoms with van der Waals surface area (Å²) in [6.07, 6.45) is 4.01. The monoisotopic (exact) mass is 422 g/mol. The van der Waals surface area contributed by atoms with Crippen LogP contribution in [-0.4, -0.2) is 52.4 Å². The predicted molar refractivity (Wildman–Crippen MR) is 98.7 cm³/mol. The zero-order valence-corrected chi connectivity index (χ0v) is 16.4. The normalized spacial score (nSPS) is 36.7. The molecule has 1 aromatic heterocycles. The van der Waals surface area contributed by atoms with Crippen molar-refractivity contribution in [2.75, 3.05) is 13.1 Å². The smallest absolute Gasteiger partial charge is 0.410 e. The molecule has 1 saturated heterocycles. The van der Waals surface area contributed by atoms with Gasteiger partial charge in [-0.3, -0.25) is 4.79 Å². The molecule has 7 nitrogen and oxygen atoms in total. The van der Waals surface area contributed by atoms with Gasteiger partial charge < -0.3 is 19.5 Å². The van der Waals surface area contributed by atoms with E-state index in [0.717, 1.165) is 25.5 Å². The lowest BCUT2D eigenvalue weighted by atomic mass is 9.48. The summed E-state index contributed by atoms with van der Waals surface area (Å²) in [4.78, 5) is 29.7. The molecule has 3 atom stereocenters. The molecule has 5 aliphatic rings. The summed E-state index contributed by atoms with van der Waals surface area (Å²) in [7, 11) is 0. The number of carboxylic acid groups (broad SMARTS) is 1. The second kappa shape index (κ2) is 7.06. The van der Waals surface area contributed by atoms with Gasteiger partial charge in [-0.15, -0.1) is 0 Å². The average Bonchev–Trinajstić information content (AvgIpc) is 3.15. The quantitative estimate of drug-likeness (QED) is 0.802. The Bertz CT molecular complexity index is 865. The first-order valence-electron chi connectivity index (χ1n) is 10.5. The first-order chi connectivity index (χ1) is 14.3. The van der Waals surface area contributed by atoms with Crippen LogP contribution in [-0.2, 0) is 9.53 Å². The van der Waals surface area contributed by atoms with Gasteiger partial charge in [0.15, 0.2) is 5.82 Å². The van der Waals surface area contributed by atoms with E-state index in [9.17, 15) is 23.5 Å². The third-order valence-corrected chi connectivity index (χ3v) is 7.33. The number of likely N-dealkylation sites (tertiary alicyclic amines) is 1. The number of aromatic nitrogens is 1. The highest BCUT2D eigenvalue weighted by Crippen LogP contribution is 2.60. The van der Waals surface area contributed by atoms with E-state index in [1.807, 2.05) is 0 Å². The number of pyridine rings is 1. The van der Waals surface area contributed by atoms with Crippen LogP contribution in [0, 0.1) is 34.8 Å². The first kappa shape index (κ1) is 19.5. The minimum Gasteiger partial charge on any atom is -0.481 e. The molecule has 30 heavy (non-hydrogen) atoms. The van der Waals surface area contributed by atoms with E-state index >= 15 is 0 Å². The molecule has 0 radical (unpaired) electrons. The van der Waals surface area contributed by atoms with Gasteiger partial charge in [-0.25, -0.2) is 18.6 Å². The largest absolute Gasteiger partial charge is 0.481 e. The van der Waals surface area contributed by atoms with Crippen molar-refractivity contribution in [2.45, 2.75) is 50.7 Å². The zero-order valence-electron chi connectivity index (χ0n) is 16.4. The number of carboxylic acids is 1. The first-order valence-corrected chi connectivity index (χ1v) is 10.5. The molecule has 162 valence electrons. The van der Waals surface area contributed by atoms with Crippen LogP contribution in [0.3, 0.4) is 0 Å². The number of halogens is 2. The molecule has 1 amide bonds. The van der Waals surface area contributed by atoms with E-state index < -0.39 is 35.2 Å². The van der Waals surface area contributed by atoms with Crippen LogP contribution >= 0.6 is 0 Å². The maximum atomic E-state index is 13.7. The van der Waals surface area contributed by atoms with Gasteiger partial charge in [-0.1, -0.05) is 0 Å². The Labute approximate surface area is 172 Å². The predicted octanol–water partition coefficient (Wildman–Crippen LogP) is 3.23. The lowest BCUT2D eigenvalue weighted by Gasteiger charge is -2.57. The van der Waals surface area contributed by atoms with Gasteiger partial charge in [-0.2, -0.15) is 0 Å². The van der Waals surface area contributed by atoms with Crippen molar-refractivity contribution < 1.29 is 33.0 Å². The van der Waals surface area contributed by atoms with Crippen molar-refractivity contribution in [3.05, 3.63) is 23.9 Å². The van der Waals surface area contributed by atoms with Crippen LogP contribution < -0.4 is 4.74 Å². The fraction of sp³-hybridized carbons (Fsp3) is 0.667. The Hall–Kier alpha value is -2.45. The molecule has 5 fully saturated rings. The summed E-state index contributed by atoms with van der Waals surface area (Å²) >= 11 is 0. The molecule has 2 unspecified atom stereocenters. The van der Waals surface area contributed by atoms with Crippen LogP contribution in [0.2, 0.25) is 0 Å². The number of aliphatic carboxylic acids is 1. The number of ether oxygens (including phenoxy) is 2. The van der Waals surface area contributed by atoms with Gasteiger partial charge in [-0.05, 0) is 49.9 Å². The van der Waals surface area contributed by atoms with Gasteiger partial charge in [0.25, 0.3) is 5.88 Å². The molecule has 6 rings (SSSR count). The number of carbonyl (C=O) groups is 2. The third kappa shape index (κ3) is 3.28. The molecule has 0 aromatic carbocycles. The summed E-state index contributed by atoms with van der Waals surface area (Å²) in [5.74, 6) is -2.04. The molecular weight excluding hydrogens is 398 g/mol. The molecule has 1 N–H and O–H groups in total. The maximum Gasteiger partial charge on any atom is 0.410 e. The number of hydrogen-bond donors (Lipinski definition) is 1. The summed E-state index contributed by atoms with van der Waals surface area (Å²) in [5, 5.41) is 9.72. The van der Waals surface area contributed by atoms with Crippen LogP contribution in [0.1, 0.15) is 38.5 Å². The highest BCUT2D eigenvalue weighted by atomic mass is 19.1. The Morgan fingerprint density at radius 2 is 1.93 bits per heavy atom. The van der Waals surface area contributed by atoms with Gasteiger partial charge >= 0.3 is 12.1 Å². The minimum atomic E-state index is -0.878. The van der Waals surface area contributed by atoms with E-state index in [0.29, 0.717) is 37.8 Å². The van der Waals surface area contributed by atoms with Crippen LogP contribution in [0.5, 0.6) is 5.88 Å². The van der Waals surface area contributed by atoms with Crippen LogP contribution in [0.25, 0.3) is 0 Å².